The molecule has 1 fully saturated rings. The van der Waals surface area contributed by atoms with Gasteiger partial charge in [-0.3, -0.25) is 52.9 Å². The average Bonchev–Trinajstić information content (AvgIpc) is 3.23. The second-order valence-corrected chi connectivity index (χ2v) is 16.1. The highest BCUT2D eigenvalue weighted by Gasteiger charge is 2.33. The van der Waals surface area contributed by atoms with E-state index in [0.717, 1.165) is 11.8 Å². The molecular formula is C37H57N13O11S3. The zero-order valence-corrected chi connectivity index (χ0v) is 37.3. The number of guanidine groups is 1. The van der Waals surface area contributed by atoms with E-state index in [4.69, 9.17) is 22.9 Å². The van der Waals surface area contributed by atoms with E-state index in [-0.39, 0.29) is 62.0 Å². The molecule has 27 heteroatoms. The van der Waals surface area contributed by atoms with Crippen LogP contribution in [0.4, 0.5) is 0 Å². The third-order valence-corrected chi connectivity index (χ3v) is 10.8. The molecular weight excluding hydrogens is 899 g/mol. The third kappa shape index (κ3) is 20.6. The second-order valence-electron chi connectivity index (χ2n) is 14.2. The highest BCUT2D eigenvalue weighted by Crippen LogP contribution is 2.10. The molecule has 0 aliphatic carbocycles. The predicted octanol–water partition coefficient (Wildman–Crippen LogP) is -5.55. The molecule has 24 nitrogen and oxygen atoms in total. The quantitative estimate of drug-likeness (QED) is 0.0358. The smallest absolute Gasteiger partial charge is 0.305 e. The topological polar surface area (TPSA) is 404 Å². The molecule has 64 heavy (non-hydrogen) atoms. The lowest BCUT2D eigenvalue weighted by Crippen LogP contribution is -2.58. The van der Waals surface area contributed by atoms with Gasteiger partial charge in [0.1, 0.15) is 36.3 Å². The average molecular weight is 956 g/mol. The molecule has 0 saturated carbocycles. The fraction of sp³-hybridized carbons (Fsp3) is 0.541. The van der Waals surface area contributed by atoms with Gasteiger partial charge in [-0.1, -0.05) is 30.3 Å². The first kappa shape index (κ1) is 54.3. The largest absolute Gasteiger partial charge is 0.481 e. The number of amides is 9. The molecule has 1 aromatic carbocycles. The maximum atomic E-state index is 13.6. The number of aliphatic imine (C=N–C) groups is 1. The minimum absolute atomic E-state index is 0.0392. The molecule has 0 radical (unpaired) electrons. The van der Waals surface area contributed by atoms with Crippen molar-refractivity contribution in [3.63, 3.8) is 0 Å². The Morgan fingerprint density at radius 3 is 1.91 bits per heavy atom. The van der Waals surface area contributed by atoms with Gasteiger partial charge in [0.05, 0.1) is 18.7 Å². The lowest BCUT2D eigenvalue weighted by atomic mass is 10.0. The van der Waals surface area contributed by atoms with Crippen LogP contribution in [0.5, 0.6) is 0 Å². The second kappa shape index (κ2) is 28.8. The molecule has 1 aromatic rings. The normalized spacial score (nSPS) is 24.1. The van der Waals surface area contributed by atoms with Crippen molar-refractivity contribution >= 4 is 102 Å². The van der Waals surface area contributed by atoms with Crippen molar-refractivity contribution in [1.29, 1.82) is 0 Å². The maximum Gasteiger partial charge on any atom is 0.305 e. The summed E-state index contributed by atoms with van der Waals surface area (Å²) < 4.78 is 0. The predicted molar refractivity (Wildman–Crippen MR) is 241 cm³/mol. The van der Waals surface area contributed by atoms with E-state index in [1.807, 2.05) is 0 Å². The summed E-state index contributed by atoms with van der Waals surface area (Å²) in [6.07, 6.45) is -0.0492. The van der Waals surface area contributed by atoms with E-state index in [9.17, 15) is 53.1 Å². The van der Waals surface area contributed by atoms with Crippen molar-refractivity contribution in [3.8, 4) is 0 Å². The van der Waals surface area contributed by atoms with Crippen molar-refractivity contribution in [2.45, 2.75) is 86.6 Å². The molecule has 1 aliphatic heterocycles. The van der Waals surface area contributed by atoms with Gasteiger partial charge in [0.2, 0.25) is 47.3 Å². The fourth-order valence-corrected chi connectivity index (χ4v) is 7.10. The molecule has 17 N–H and O–H groups in total. The number of unbranched alkanes of at least 4 members (excludes halogenated alkanes) is 1. The standard InChI is InChI=1S/C37H57N13O11S3/c38-11-5-4-9-21-31(57)48-24(16-62)34(60)46-20(10-6-12-42-37(40)41)30(56)43-15-26(51)45-23(14-28(53)54)33(59)50-36(63)35(61)47-22(13-19-7-2-1-3-8-19)32(58)49-25(29(39)55)17-64-18-27(52)44-21/h1-3,7-8,20-25,36,62-63H,4-6,9-18,38H2,(H2,39,55)(H,43,56)(H,44,52)(H,45,51)(H,46,60)(H,47,61)(H,48,57)(H,49,58)(H,50,59)(H,53,54)(H4,40,41,42)/t20-,21-,22-,23-,24-,25-,36?/m0/s1. The Morgan fingerprint density at radius 2 is 1.28 bits per heavy atom. The van der Waals surface area contributed by atoms with Crippen LogP contribution in [0.15, 0.2) is 35.3 Å². The molecule has 1 heterocycles. The number of thioether (sulfide) groups is 1. The number of thiol groups is 2. The van der Waals surface area contributed by atoms with E-state index in [1.165, 1.54) is 0 Å². The van der Waals surface area contributed by atoms with Crippen LogP contribution in [0.25, 0.3) is 0 Å². The van der Waals surface area contributed by atoms with Gasteiger partial charge in [0.25, 0.3) is 5.91 Å². The zero-order valence-electron chi connectivity index (χ0n) is 34.7. The third-order valence-electron chi connectivity index (χ3n) is 9.07. The van der Waals surface area contributed by atoms with Gasteiger partial charge in [0, 0.05) is 24.5 Å². The Morgan fingerprint density at radius 1 is 0.703 bits per heavy atom. The summed E-state index contributed by atoms with van der Waals surface area (Å²) in [5.74, 6) is -10.9. The highest BCUT2D eigenvalue weighted by molar-refractivity contribution is 8.00. The first-order chi connectivity index (χ1) is 30.3. The number of carboxylic acids is 1. The van der Waals surface area contributed by atoms with Gasteiger partial charge in [-0.25, -0.2) is 0 Å². The Balaban J connectivity index is 2.52. The van der Waals surface area contributed by atoms with Crippen LogP contribution in [-0.2, 0) is 54.4 Å². The van der Waals surface area contributed by atoms with E-state index in [2.05, 4.69) is 72.8 Å². The minimum atomic E-state index is -1.81. The molecule has 7 atom stereocenters. The number of rotatable bonds is 14. The summed E-state index contributed by atoms with van der Waals surface area (Å²) >= 11 is 9.20. The first-order valence-electron chi connectivity index (χ1n) is 19.9. The van der Waals surface area contributed by atoms with Crippen LogP contribution in [0.2, 0.25) is 0 Å². The van der Waals surface area contributed by atoms with Crippen molar-refractivity contribution in [2.24, 2.45) is 27.9 Å². The number of carbonyl (C=O) groups is 10. The van der Waals surface area contributed by atoms with Crippen LogP contribution < -0.4 is 65.5 Å². The Hall–Kier alpha value is -5.80. The molecule has 1 aliphatic rings. The van der Waals surface area contributed by atoms with E-state index < -0.39 is 114 Å². The molecule has 354 valence electrons. The number of nitrogens with one attached hydrogen (secondary N) is 8. The monoisotopic (exact) mass is 955 g/mol. The number of benzene rings is 1. The molecule has 9 amide bonds. The number of carboxylic acid groups (broad SMARTS) is 1. The molecule has 0 spiro atoms. The van der Waals surface area contributed by atoms with E-state index in [1.54, 1.807) is 30.3 Å². The number of primary amides is 1. The number of hydrogen-bond donors (Lipinski definition) is 15. The van der Waals surface area contributed by atoms with Gasteiger partial charge < -0.3 is 70.6 Å². The van der Waals surface area contributed by atoms with E-state index >= 15 is 0 Å². The number of hydrogen-bond acceptors (Lipinski definition) is 15. The Bertz CT molecular complexity index is 1840. The van der Waals surface area contributed by atoms with Crippen molar-refractivity contribution in [2.75, 3.05) is 36.9 Å². The van der Waals surface area contributed by atoms with Crippen LogP contribution in [-0.4, -0.2) is 149 Å². The fourth-order valence-electron chi connectivity index (χ4n) is 5.78. The lowest BCUT2D eigenvalue weighted by molar-refractivity contribution is -0.141. The van der Waals surface area contributed by atoms with Gasteiger partial charge >= 0.3 is 5.97 Å². The maximum absolute atomic E-state index is 13.6. The summed E-state index contributed by atoms with van der Waals surface area (Å²) in [7, 11) is 0. The summed E-state index contributed by atoms with van der Waals surface area (Å²) in [6, 6.07) is -0.0795. The van der Waals surface area contributed by atoms with Crippen LogP contribution in [0, 0.1) is 0 Å². The van der Waals surface area contributed by atoms with E-state index in [0.29, 0.717) is 18.4 Å². The SMILES string of the molecule is NCCCC[C@@H]1NC(=O)CSC[C@@H](C(N)=O)NC(=O)[C@H](Cc2ccccc2)NC(=O)C(S)NC(=O)[C@H](CC(=O)O)NC(=O)CNC(=O)[C@H](CCCN=C(N)N)NC(=O)[C@H](CS)NC1=O. The molecule has 1 unspecified atom stereocenters. The first-order valence-corrected chi connectivity index (χ1v) is 22.2. The van der Waals surface area contributed by atoms with Gasteiger partial charge in [-0.2, -0.15) is 12.6 Å². The Labute approximate surface area is 383 Å². The van der Waals surface area contributed by atoms with Crippen molar-refractivity contribution in [3.05, 3.63) is 35.9 Å². The number of nitrogens with two attached hydrogens (primary N) is 4. The van der Waals surface area contributed by atoms with Crippen molar-refractivity contribution < 1.29 is 53.1 Å². The minimum Gasteiger partial charge on any atom is -0.481 e. The summed E-state index contributed by atoms with van der Waals surface area (Å²) in [4.78, 5) is 135. The van der Waals surface area contributed by atoms with Crippen molar-refractivity contribution in [1.82, 2.24) is 42.5 Å². The summed E-state index contributed by atoms with van der Waals surface area (Å²) in [5.41, 5.74) is 22.6. The Kier molecular flexibility index (Phi) is 24.5. The van der Waals surface area contributed by atoms with Crippen LogP contribution in [0.1, 0.15) is 44.1 Å². The molecule has 2 rings (SSSR count). The van der Waals surface area contributed by atoms with Gasteiger partial charge in [0.15, 0.2) is 11.3 Å². The molecule has 1 saturated heterocycles. The summed E-state index contributed by atoms with van der Waals surface area (Å²) in [5, 5.41) is 27.0. The summed E-state index contributed by atoms with van der Waals surface area (Å²) in [6.45, 7) is -0.500. The number of carbonyl (C=O) groups excluding carboxylic acids is 9. The van der Waals surface area contributed by atoms with Crippen LogP contribution >= 0.6 is 37.0 Å². The number of aliphatic carboxylic acids is 1. The molecule has 0 aromatic heterocycles. The molecule has 0 bridgehead atoms. The number of nitrogens with zero attached hydrogens (tertiary/aromatic N) is 1. The lowest BCUT2D eigenvalue weighted by Gasteiger charge is -2.25. The van der Waals surface area contributed by atoms with Crippen LogP contribution in [0.3, 0.4) is 0 Å². The highest BCUT2D eigenvalue weighted by atomic mass is 32.2. The van der Waals surface area contributed by atoms with Gasteiger partial charge in [-0.15, -0.1) is 24.4 Å². The van der Waals surface area contributed by atoms with Gasteiger partial charge in [-0.05, 0) is 44.2 Å². The zero-order chi connectivity index (χ0) is 47.8.